The van der Waals surface area contributed by atoms with E-state index in [0.29, 0.717) is 17.9 Å². The molecule has 6 nitrogen and oxygen atoms in total. The smallest absolute Gasteiger partial charge is 0.0731 e. The fourth-order valence-corrected chi connectivity index (χ4v) is 4.73. The summed E-state index contributed by atoms with van der Waals surface area (Å²) < 4.78 is 7.99. The number of hydrogen-bond donors (Lipinski definition) is 0. The number of aromatic nitrogens is 3. The van der Waals surface area contributed by atoms with E-state index in [0.717, 1.165) is 31.8 Å². The molecule has 0 aliphatic carbocycles. The Morgan fingerprint density at radius 2 is 2.15 bits per heavy atom. The van der Waals surface area contributed by atoms with Gasteiger partial charge < -0.3 is 9.64 Å². The van der Waals surface area contributed by atoms with E-state index < -0.39 is 0 Å². The van der Waals surface area contributed by atoms with Gasteiger partial charge in [0.2, 0.25) is 0 Å². The number of nitrogens with zero attached hydrogens (tertiary/aromatic N) is 5. The first kappa shape index (κ1) is 17.6. The van der Waals surface area contributed by atoms with Gasteiger partial charge in [0.25, 0.3) is 0 Å². The van der Waals surface area contributed by atoms with Crippen LogP contribution in [-0.2, 0) is 24.9 Å². The monoisotopic (exact) mass is 355 g/mol. The molecule has 140 valence electrons. The molecule has 0 N–H and O–H groups in total. The zero-order chi connectivity index (χ0) is 18.0. The summed E-state index contributed by atoms with van der Waals surface area (Å²) in [7, 11) is 4.23. The largest absolute Gasteiger partial charge is 0.376 e. The molecule has 0 aromatic carbocycles. The van der Waals surface area contributed by atoms with Crippen LogP contribution in [0.5, 0.6) is 0 Å². The number of rotatable bonds is 6. The van der Waals surface area contributed by atoms with Crippen LogP contribution in [0.3, 0.4) is 0 Å². The third-order valence-corrected chi connectivity index (χ3v) is 5.92. The number of aryl methyl sites for hydroxylation is 1. The minimum atomic E-state index is 0.367. The van der Waals surface area contributed by atoms with Crippen LogP contribution < -0.4 is 0 Å². The molecule has 4 rings (SSSR count). The molecule has 2 aromatic heterocycles. The summed E-state index contributed by atoms with van der Waals surface area (Å²) in [5.74, 6) is 0.600. The van der Waals surface area contributed by atoms with Gasteiger partial charge in [-0.3, -0.25) is 14.6 Å². The van der Waals surface area contributed by atoms with Crippen molar-refractivity contribution in [2.24, 2.45) is 18.4 Å². The van der Waals surface area contributed by atoms with E-state index in [1.165, 1.54) is 25.1 Å². The summed E-state index contributed by atoms with van der Waals surface area (Å²) in [6.45, 7) is 7.13. The lowest BCUT2D eigenvalue weighted by atomic mass is 9.77. The number of pyridine rings is 1. The van der Waals surface area contributed by atoms with Crippen molar-refractivity contribution in [3.05, 3.63) is 48.0 Å². The average molecular weight is 355 g/mol. The molecule has 0 unspecified atom stereocenters. The maximum absolute atomic E-state index is 6.10. The van der Waals surface area contributed by atoms with Gasteiger partial charge in [-0.1, -0.05) is 6.07 Å². The summed E-state index contributed by atoms with van der Waals surface area (Å²) in [5.41, 5.74) is 2.82. The Morgan fingerprint density at radius 3 is 2.92 bits per heavy atom. The number of ether oxygens (including phenoxy) is 1. The maximum atomic E-state index is 6.10. The number of likely N-dealkylation sites (tertiary alicyclic amines) is 2. The molecule has 26 heavy (non-hydrogen) atoms. The lowest BCUT2D eigenvalue weighted by Crippen LogP contribution is -2.36. The molecule has 2 aromatic rings. The molecule has 2 atom stereocenters. The van der Waals surface area contributed by atoms with Crippen molar-refractivity contribution >= 4 is 0 Å². The van der Waals surface area contributed by atoms with Crippen LogP contribution in [-0.4, -0.2) is 64.4 Å². The summed E-state index contributed by atoms with van der Waals surface area (Å²) in [6.07, 6.45) is 9.07. The SMILES string of the molecule is CN1C[C@@H](COCc2cccnc2)[C@]2(CCN(Cc3cnn(C)c3)C2)C1. The Bertz CT molecular complexity index is 718. The highest BCUT2D eigenvalue weighted by Gasteiger charge is 2.49. The van der Waals surface area contributed by atoms with E-state index in [4.69, 9.17) is 4.74 Å². The van der Waals surface area contributed by atoms with E-state index in [1.54, 1.807) is 6.20 Å². The topological polar surface area (TPSA) is 46.4 Å². The molecule has 6 heteroatoms. The summed E-state index contributed by atoms with van der Waals surface area (Å²) in [4.78, 5) is 9.23. The number of hydrogen-bond acceptors (Lipinski definition) is 5. The highest BCUT2D eigenvalue weighted by atomic mass is 16.5. The minimum absolute atomic E-state index is 0.367. The predicted octanol–water partition coefficient (Wildman–Crippen LogP) is 1.79. The van der Waals surface area contributed by atoms with Crippen LogP contribution in [0.4, 0.5) is 0 Å². The Balaban J connectivity index is 1.35. The Kier molecular flexibility index (Phi) is 5.07. The average Bonchev–Trinajstić information content (AvgIpc) is 3.30. The van der Waals surface area contributed by atoms with Crippen molar-refractivity contribution < 1.29 is 4.74 Å². The van der Waals surface area contributed by atoms with E-state index in [2.05, 4.69) is 39.2 Å². The van der Waals surface area contributed by atoms with Gasteiger partial charge >= 0.3 is 0 Å². The van der Waals surface area contributed by atoms with E-state index >= 15 is 0 Å². The van der Waals surface area contributed by atoms with Crippen LogP contribution in [0.25, 0.3) is 0 Å². The fourth-order valence-electron chi connectivity index (χ4n) is 4.73. The predicted molar refractivity (Wildman–Crippen MR) is 100 cm³/mol. The van der Waals surface area contributed by atoms with Crippen LogP contribution in [0.1, 0.15) is 17.5 Å². The molecule has 1 spiro atoms. The second-order valence-electron chi connectivity index (χ2n) is 8.12. The molecule has 4 heterocycles. The van der Waals surface area contributed by atoms with E-state index in [9.17, 15) is 0 Å². The van der Waals surface area contributed by atoms with Gasteiger partial charge in [0.15, 0.2) is 0 Å². The fraction of sp³-hybridized carbons (Fsp3) is 0.600. The first-order valence-corrected chi connectivity index (χ1v) is 9.48. The summed E-state index contributed by atoms with van der Waals surface area (Å²) in [5, 5.41) is 4.30. The van der Waals surface area contributed by atoms with E-state index in [1.807, 2.05) is 30.2 Å². The van der Waals surface area contributed by atoms with Crippen molar-refractivity contribution in [2.45, 2.75) is 19.6 Å². The van der Waals surface area contributed by atoms with Crippen LogP contribution in [0.2, 0.25) is 0 Å². The van der Waals surface area contributed by atoms with Crippen molar-refractivity contribution in [1.82, 2.24) is 24.6 Å². The highest BCUT2D eigenvalue weighted by molar-refractivity contribution is 5.08. The lowest BCUT2D eigenvalue weighted by Gasteiger charge is -2.30. The standard InChI is InChI=1S/C20H29N5O/c1-23-12-19(14-26-13-17-4-3-6-21-8-17)20(15-23)5-7-25(16-20)11-18-9-22-24(2)10-18/h3-4,6,8-10,19H,5,7,11-16H2,1-2H3/t19-,20+/m0/s1. The molecule has 0 saturated carbocycles. The first-order valence-electron chi connectivity index (χ1n) is 9.48. The van der Waals surface area contributed by atoms with Gasteiger partial charge in [-0.2, -0.15) is 5.10 Å². The molecule has 0 radical (unpaired) electrons. The van der Waals surface area contributed by atoms with Crippen molar-refractivity contribution in [1.29, 1.82) is 0 Å². The zero-order valence-electron chi connectivity index (χ0n) is 15.8. The molecule has 2 aliphatic heterocycles. The second kappa shape index (κ2) is 7.47. The quantitative estimate of drug-likeness (QED) is 0.791. The molecule has 0 amide bonds. The maximum Gasteiger partial charge on any atom is 0.0731 e. The minimum Gasteiger partial charge on any atom is -0.376 e. The van der Waals surface area contributed by atoms with Gasteiger partial charge in [0, 0.05) is 68.7 Å². The molecule has 2 fully saturated rings. The van der Waals surface area contributed by atoms with Gasteiger partial charge in [0.05, 0.1) is 19.4 Å². The van der Waals surface area contributed by atoms with Gasteiger partial charge in [-0.15, -0.1) is 0 Å². The van der Waals surface area contributed by atoms with Crippen LogP contribution >= 0.6 is 0 Å². The molecular weight excluding hydrogens is 326 g/mol. The van der Waals surface area contributed by atoms with Gasteiger partial charge in [-0.25, -0.2) is 0 Å². The molecule has 2 saturated heterocycles. The first-order chi connectivity index (χ1) is 12.6. The van der Waals surface area contributed by atoms with Crippen LogP contribution in [0, 0.1) is 11.3 Å². The Morgan fingerprint density at radius 1 is 1.23 bits per heavy atom. The molecule has 2 aliphatic rings. The van der Waals surface area contributed by atoms with Crippen molar-refractivity contribution in [2.75, 3.05) is 39.8 Å². The lowest BCUT2D eigenvalue weighted by molar-refractivity contribution is 0.0515. The highest BCUT2D eigenvalue weighted by Crippen LogP contribution is 2.43. The van der Waals surface area contributed by atoms with Crippen molar-refractivity contribution in [3.8, 4) is 0 Å². The second-order valence-corrected chi connectivity index (χ2v) is 8.12. The zero-order valence-corrected chi connectivity index (χ0v) is 15.8. The third-order valence-electron chi connectivity index (χ3n) is 5.92. The summed E-state index contributed by atoms with van der Waals surface area (Å²) >= 11 is 0. The third kappa shape index (κ3) is 3.82. The van der Waals surface area contributed by atoms with Crippen LogP contribution in [0.15, 0.2) is 36.9 Å². The van der Waals surface area contributed by atoms with E-state index in [-0.39, 0.29) is 0 Å². The summed E-state index contributed by atoms with van der Waals surface area (Å²) in [6, 6.07) is 4.05. The molecule has 0 bridgehead atoms. The Labute approximate surface area is 155 Å². The normalized spacial score (nSPS) is 26.9. The van der Waals surface area contributed by atoms with Gasteiger partial charge in [-0.05, 0) is 31.6 Å². The van der Waals surface area contributed by atoms with Gasteiger partial charge in [0.1, 0.15) is 0 Å². The van der Waals surface area contributed by atoms with Crippen molar-refractivity contribution in [3.63, 3.8) is 0 Å². The Hall–Kier alpha value is -1.76. The molecular formula is C20H29N5O.